The lowest BCUT2D eigenvalue weighted by molar-refractivity contribution is -0.131. The van der Waals surface area contributed by atoms with E-state index in [0.29, 0.717) is 6.54 Å². The van der Waals surface area contributed by atoms with Crippen LogP contribution in [-0.2, 0) is 24.9 Å². The van der Waals surface area contributed by atoms with E-state index in [0.717, 1.165) is 30.0 Å². The number of rotatable bonds is 3. The predicted molar refractivity (Wildman–Crippen MR) is 97.1 cm³/mol. The summed E-state index contributed by atoms with van der Waals surface area (Å²) >= 11 is 0. The number of H-pyrrole nitrogens is 1. The highest BCUT2D eigenvalue weighted by atomic mass is 16.2. The molecule has 1 atom stereocenters. The number of aromatic amines is 1. The molecule has 6 heteroatoms. The summed E-state index contributed by atoms with van der Waals surface area (Å²) in [6.45, 7) is 2.29. The molecule has 3 aromatic rings. The highest BCUT2D eigenvalue weighted by molar-refractivity contribution is 5.84. The summed E-state index contributed by atoms with van der Waals surface area (Å²) in [5.41, 5.74) is 4.48. The minimum atomic E-state index is -0.170. The highest BCUT2D eigenvalue weighted by Crippen LogP contribution is 2.30. The second-order valence-corrected chi connectivity index (χ2v) is 7.00. The van der Waals surface area contributed by atoms with Gasteiger partial charge in [0.1, 0.15) is 0 Å². The van der Waals surface area contributed by atoms with Crippen molar-refractivity contribution in [1.82, 2.24) is 24.3 Å². The number of aryl methyl sites for hydroxylation is 1. The van der Waals surface area contributed by atoms with Gasteiger partial charge < -0.3 is 14.5 Å². The third-order valence-corrected chi connectivity index (χ3v) is 5.02. The van der Waals surface area contributed by atoms with Crippen LogP contribution in [0.25, 0.3) is 10.9 Å². The molecule has 0 radical (unpaired) electrons. The van der Waals surface area contributed by atoms with Gasteiger partial charge in [0.15, 0.2) is 0 Å². The fourth-order valence-corrected chi connectivity index (χ4v) is 3.83. The van der Waals surface area contributed by atoms with Crippen molar-refractivity contribution in [1.29, 1.82) is 0 Å². The highest BCUT2D eigenvalue weighted by Gasteiger charge is 2.34. The standard InChI is InChI=1S/C19H23N5O/c1-22(2)19(25)15-10-24(11-17-18(15)23(3)12-21-17)9-13-5-4-6-16-14(13)7-8-20-16/h4-8,12,15,20H,9-11H2,1-3H3/t15-/m1/s1. The first-order valence-corrected chi connectivity index (χ1v) is 8.53. The molecule has 0 saturated carbocycles. The maximum Gasteiger partial charge on any atom is 0.232 e. The number of likely N-dealkylation sites (N-methyl/N-ethyl adjacent to an activating group) is 1. The number of nitrogens with zero attached hydrogens (tertiary/aromatic N) is 4. The van der Waals surface area contributed by atoms with Gasteiger partial charge in [-0.3, -0.25) is 9.69 Å². The number of fused-ring (bicyclic) bond motifs is 2. The van der Waals surface area contributed by atoms with E-state index in [9.17, 15) is 4.79 Å². The number of hydrogen-bond acceptors (Lipinski definition) is 3. The molecule has 0 aliphatic carbocycles. The van der Waals surface area contributed by atoms with Gasteiger partial charge in [-0.05, 0) is 17.7 Å². The fourth-order valence-electron chi connectivity index (χ4n) is 3.83. The number of benzene rings is 1. The zero-order chi connectivity index (χ0) is 17.6. The Balaban J connectivity index is 1.66. The number of amides is 1. The molecule has 25 heavy (non-hydrogen) atoms. The summed E-state index contributed by atoms with van der Waals surface area (Å²) in [4.78, 5) is 24.5. The van der Waals surface area contributed by atoms with Crippen LogP contribution in [0.2, 0.25) is 0 Å². The van der Waals surface area contributed by atoms with Crippen molar-refractivity contribution in [2.45, 2.75) is 19.0 Å². The lowest BCUT2D eigenvalue weighted by Gasteiger charge is -2.33. The van der Waals surface area contributed by atoms with E-state index in [1.54, 1.807) is 4.90 Å². The molecule has 0 fully saturated rings. The number of carbonyl (C=O) groups is 1. The molecule has 0 spiro atoms. The summed E-state index contributed by atoms with van der Waals surface area (Å²) in [6.07, 6.45) is 3.79. The first kappa shape index (κ1) is 15.9. The van der Waals surface area contributed by atoms with Crippen molar-refractivity contribution in [2.75, 3.05) is 20.6 Å². The van der Waals surface area contributed by atoms with Gasteiger partial charge in [-0.25, -0.2) is 4.98 Å². The van der Waals surface area contributed by atoms with Crippen molar-refractivity contribution in [3.05, 3.63) is 53.7 Å². The molecule has 1 amide bonds. The topological polar surface area (TPSA) is 57.2 Å². The predicted octanol–water partition coefficient (Wildman–Crippen LogP) is 2.09. The molecule has 0 unspecified atom stereocenters. The molecule has 4 rings (SSSR count). The SMILES string of the molecule is CN(C)C(=O)[C@@H]1CN(Cc2cccc3[nH]ccc23)Cc2ncn(C)c21. The monoisotopic (exact) mass is 337 g/mol. The number of aromatic nitrogens is 3. The number of imidazole rings is 1. The smallest absolute Gasteiger partial charge is 0.232 e. The first-order chi connectivity index (χ1) is 12.0. The lowest BCUT2D eigenvalue weighted by Crippen LogP contribution is -2.41. The Labute approximate surface area is 147 Å². The molecule has 0 saturated heterocycles. The molecule has 3 heterocycles. The summed E-state index contributed by atoms with van der Waals surface area (Å²) in [5, 5.41) is 1.24. The van der Waals surface area contributed by atoms with Crippen molar-refractivity contribution in [3.63, 3.8) is 0 Å². The van der Waals surface area contributed by atoms with Crippen LogP contribution in [0.1, 0.15) is 22.9 Å². The maximum absolute atomic E-state index is 12.7. The zero-order valence-electron chi connectivity index (χ0n) is 14.9. The van der Waals surface area contributed by atoms with E-state index in [-0.39, 0.29) is 11.8 Å². The van der Waals surface area contributed by atoms with Crippen molar-refractivity contribution >= 4 is 16.8 Å². The van der Waals surface area contributed by atoms with Crippen LogP contribution >= 0.6 is 0 Å². The molecule has 0 bridgehead atoms. The summed E-state index contributed by atoms with van der Waals surface area (Å²) in [7, 11) is 5.60. The number of carbonyl (C=O) groups excluding carboxylic acids is 1. The van der Waals surface area contributed by atoms with Crippen LogP contribution in [0.4, 0.5) is 0 Å². The number of nitrogens with one attached hydrogen (secondary N) is 1. The van der Waals surface area contributed by atoms with Crippen LogP contribution in [-0.4, -0.2) is 50.9 Å². The van der Waals surface area contributed by atoms with Gasteiger partial charge in [-0.2, -0.15) is 0 Å². The molecular formula is C19H23N5O. The van der Waals surface area contributed by atoms with E-state index >= 15 is 0 Å². The summed E-state index contributed by atoms with van der Waals surface area (Å²) in [6, 6.07) is 8.44. The molecule has 1 aliphatic rings. The molecule has 1 aromatic carbocycles. The van der Waals surface area contributed by atoms with E-state index in [1.165, 1.54) is 10.9 Å². The second-order valence-electron chi connectivity index (χ2n) is 7.00. The van der Waals surface area contributed by atoms with Gasteiger partial charge in [-0.15, -0.1) is 0 Å². The van der Waals surface area contributed by atoms with E-state index in [1.807, 2.05) is 38.2 Å². The molecule has 6 nitrogen and oxygen atoms in total. The van der Waals surface area contributed by atoms with Crippen molar-refractivity contribution in [3.8, 4) is 0 Å². The van der Waals surface area contributed by atoms with Crippen LogP contribution < -0.4 is 0 Å². The Morgan fingerprint density at radius 3 is 3.00 bits per heavy atom. The van der Waals surface area contributed by atoms with Crippen LogP contribution in [0, 0.1) is 0 Å². The van der Waals surface area contributed by atoms with E-state index in [4.69, 9.17) is 0 Å². The molecular weight excluding hydrogens is 314 g/mol. The minimum Gasteiger partial charge on any atom is -0.361 e. The third kappa shape index (κ3) is 2.72. The average Bonchev–Trinajstić information content (AvgIpc) is 3.21. The van der Waals surface area contributed by atoms with E-state index < -0.39 is 0 Å². The Morgan fingerprint density at radius 1 is 1.36 bits per heavy atom. The lowest BCUT2D eigenvalue weighted by atomic mass is 9.96. The van der Waals surface area contributed by atoms with Gasteiger partial charge in [0.2, 0.25) is 5.91 Å². The van der Waals surface area contributed by atoms with Gasteiger partial charge >= 0.3 is 0 Å². The Kier molecular flexibility index (Phi) is 3.84. The van der Waals surface area contributed by atoms with Gasteiger partial charge in [-0.1, -0.05) is 12.1 Å². The normalized spacial score (nSPS) is 17.6. The Hall–Kier alpha value is -2.60. The molecule has 130 valence electrons. The van der Waals surface area contributed by atoms with Crippen molar-refractivity contribution in [2.24, 2.45) is 7.05 Å². The maximum atomic E-state index is 12.7. The summed E-state index contributed by atoms with van der Waals surface area (Å²) in [5.74, 6) is -0.0360. The van der Waals surface area contributed by atoms with E-state index in [2.05, 4.69) is 39.1 Å². The van der Waals surface area contributed by atoms with Gasteiger partial charge in [0.05, 0.1) is 23.6 Å². The van der Waals surface area contributed by atoms with Crippen molar-refractivity contribution < 1.29 is 4.79 Å². The minimum absolute atomic E-state index is 0.134. The third-order valence-electron chi connectivity index (χ3n) is 5.02. The fraction of sp³-hybridized carbons (Fsp3) is 0.368. The molecule has 1 N–H and O–H groups in total. The van der Waals surface area contributed by atoms with Gasteiger partial charge in [0, 0.05) is 57.9 Å². The molecule has 2 aromatic heterocycles. The second kappa shape index (κ2) is 6.04. The average molecular weight is 337 g/mol. The summed E-state index contributed by atoms with van der Waals surface area (Å²) < 4.78 is 1.99. The van der Waals surface area contributed by atoms with Gasteiger partial charge in [0.25, 0.3) is 0 Å². The van der Waals surface area contributed by atoms with Crippen LogP contribution in [0.15, 0.2) is 36.8 Å². The Bertz CT molecular complexity index is 923. The molecule has 1 aliphatic heterocycles. The largest absolute Gasteiger partial charge is 0.361 e. The van der Waals surface area contributed by atoms with Crippen LogP contribution in [0.5, 0.6) is 0 Å². The van der Waals surface area contributed by atoms with Crippen LogP contribution in [0.3, 0.4) is 0 Å². The Morgan fingerprint density at radius 2 is 2.20 bits per heavy atom. The quantitative estimate of drug-likeness (QED) is 0.796. The zero-order valence-corrected chi connectivity index (χ0v) is 14.9. The first-order valence-electron chi connectivity index (χ1n) is 8.53. The number of hydrogen-bond donors (Lipinski definition) is 1.